The van der Waals surface area contributed by atoms with Gasteiger partial charge in [-0.15, -0.1) is 0 Å². The third kappa shape index (κ3) is 1.70. The zero-order valence-corrected chi connectivity index (χ0v) is 6.11. The number of nitriles is 1. The van der Waals surface area contributed by atoms with Crippen LogP contribution in [0.4, 0.5) is 8.78 Å². The Kier molecular flexibility index (Phi) is 2.59. The summed E-state index contributed by atoms with van der Waals surface area (Å²) in [6.45, 7) is -2.61. The minimum absolute atomic E-state index is 0.204. The van der Waals surface area contributed by atoms with E-state index in [9.17, 15) is 8.78 Å². The van der Waals surface area contributed by atoms with Gasteiger partial charge in [-0.25, -0.2) is 0 Å². The number of halogens is 2. The molecule has 0 N–H and O–H groups in total. The Balaban J connectivity index is 2.87. The summed E-state index contributed by atoms with van der Waals surface area (Å²) >= 11 is 0. The maximum absolute atomic E-state index is 12.2. The highest BCUT2D eigenvalue weighted by atomic mass is 19.3. The first kappa shape index (κ1) is 8.47. The molecule has 4 heteroatoms. The fourth-order valence-corrected chi connectivity index (χ4v) is 0.835. The van der Waals surface area contributed by atoms with Crippen LogP contribution in [0.1, 0.15) is 0 Å². The molecular formula is C8H6F2N2. The molecule has 1 rings (SSSR count). The standard InChI is InChI=1S/C8H6F2N2/c9-8(10)12-6-2-1-3-7(12)4-5-11/h1-4,6,8H. The second-order valence-corrected chi connectivity index (χ2v) is 2.08. The van der Waals surface area contributed by atoms with Crippen LogP contribution in [-0.2, 0) is 0 Å². The van der Waals surface area contributed by atoms with Gasteiger partial charge < -0.3 is 0 Å². The zero-order valence-electron chi connectivity index (χ0n) is 6.11. The third-order valence-electron chi connectivity index (χ3n) is 1.35. The Morgan fingerprint density at radius 2 is 2.25 bits per heavy atom. The Labute approximate surface area is 68.7 Å². The van der Waals surface area contributed by atoms with Crippen LogP contribution in [0.15, 0.2) is 36.2 Å². The molecule has 0 radical (unpaired) electrons. The lowest BCUT2D eigenvalue weighted by molar-refractivity contribution is 0.0298. The van der Waals surface area contributed by atoms with E-state index < -0.39 is 6.55 Å². The van der Waals surface area contributed by atoms with E-state index in [1.54, 1.807) is 12.1 Å². The van der Waals surface area contributed by atoms with E-state index in [4.69, 9.17) is 5.26 Å². The molecule has 2 nitrogen and oxygen atoms in total. The van der Waals surface area contributed by atoms with Gasteiger partial charge in [-0.05, 0) is 12.2 Å². The third-order valence-corrected chi connectivity index (χ3v) is 1.35. The number of hydrogen-bond donors (Lipinski definition) is 0. The van der Waals surface area contributed by atoms with Crippen LogP contribution in [0.2, 0.25) is 0 Å². The van der Waals surface area contributed by atoms with Gasteiger partial charge in [0.25, 0.3) is 0 Å². The molecule has 0 amide bonds. The highest BCUT2D eigenvalue weighted by molar-refractivity contribution is 5.31. The minimum atomic E-state index is -2.61. The molecule has 0 saturated carbocycles. The van der Waals surface area contributed by atoms with Gasteiger partial charge in [0.15, 0.2) is 0 Å². The minimum Gasteiger partial charge on any atom is -0.291 e. The van der Waals surface area contributed by atoms with E-state index >= 15 is 0 Å². The molecular weight excluding hydrogens is 162 g/mol. The van der Waals surface area contributed by atoms with E-state index in [2.05, 4.69) is 0 Å². The summed E-state index contributed by atoms with van der Waals surface area (Å²) in [5, 5.41) is 8.26. The normalized spacial score (nSPS) is 18.8. The molecule has 1 aliphatic heterocycles. The molecule has 0 aromatic rings. The van der Waals surface area contributed by atoms with Crippen LogP contribution in [-0.4, -0.2) is 11.4 Å². The van der Waals surface area contributed by atoms with Crippen LogP contribution in [0, 0.1) is 11.3 Å². The molecule has 1 aliphatic rings. The summed E-state index contributed by atoms with van der Waals surface area (Å²) in [6, 6.07) is 1.70. The largest absolute Gasteiger partial charge is 0.319 e. The highest BCUT2D eigenvalue weighted by Gasteiger charge is 2.15. The van der Waals surface area contributed by atoms with Crippen molar-refractivity contribution in [1.82, 2.24) is 4.90 Å². The molecule has 0 spiro atoms. The van der Waals surface area contributed by atoms with Crippen LogP contribution in [0.5, 0.6) is 0 Å². The average Bonchev–Trinajstić information content (AvgIpc) is 2.05. The SMILES string of the molecule is N#CC=C1C=CC=CN1C(F)F. The van der Waals surface area contributed by atoms with E-state index in [1.165, 1.54) is 18.4 Å². The maximum Gasteiger partial charge on any atom is 0.319 e. The summed E-state index contributed by atoms with van der Waals surface area (Å²) in [5.41, 5.74) is 0.204. The summed E-state index contributed by atoms with van der Waals surface area (Å²) in [5.74, 6) is 0. The monoisotopic (exact) mass is 168 g/mol. The predicted molar refractivity (Wildman–Crippen MR) is 39.8 cm³/mol. The van der Waals surface area contributed by atoms with Crippen molar-refractivity contribution in [1.29, 1.82) is 5.26 Å². The smallest absolute Gasteiger partial charge is 0.291 e. The van der Waals surface area contributed by atoms with Crippen molar-refractivity contribution in [3.8, 4) is 6.07 Å². The fourth-order valence-electron chi connectivity index (χ4n) is 0.835. The van der Waals surface area contributed by atoms with Gasteiger partial charge in [0.2, 0.25) is 0 Å². The lowest BCUT2D eigenvalue weighted by Crippen LogP contribution is -2.22. The Bertz CT molecular complexity index is 284. The number of alkyl halides is 2. The van der Waals surface area contributed by atoms with E-state index in [-0.39, 0.29) is 5.70 Å². The molecule has 0 aromatic carbocycles. The molecule has 1 heterocycles. The topological polar surface area (TPSA) is 27.0 Å². The maximum atomic E-state index is 12.2. The summed E-state index contributed by atoms with van der Waals surface area (Å²) < 4.78 is 24.4. The number of nitrogens with zero attached hydrogens (tertiary/aromatic N) is 2. The Morgan fingerprint density at radius 3 is 2.83 bits per heavy atom. The first-order valence-electron chi connectivity index (χ1n) is 3.27. The lowest BCUT2D eigenvalue weighted by atomic mass is 10.3. The van der Waals surface area contributed by atoms with Crippen molar-refractivity contribution in [3.05, 3.63) is 36.2 Å². The number of rotatable bonds is 1. The van der Waals surface area contributed by atoms with Crippen molar-refractivity contribution in [3.63, 3.8) is 0 Å². The van der Waals surface area contributed by atoms with E-state index in [0.717, 1.165) is 11.0 Å². The predicted octanol–water partition coefficient (Wildman–Crippen LogP) is 2.00. The van der Waals surface area contributed by atoms with Crippen molar-refractivity contribution in [2.75, 3.05) is 0 Å². The van der Waals surface area contributed by atoms with Gasteiger partial charge >= 0.3 is 6.55 Å². The summed E-state index contributed by atoms with van der Waals surface area (Å²) in [7, 11) is 0. The van der Waals surface area contributed by atoms with Crippen molar-refractivity contribution in [2.45, 2.75) is 6.55 Å². The van der Waals surface area contributed by atoms with Crippen LogP contribution < -0.4 is 0 Å². The first-order valence-corrected chi connectivity index (χ1v) is 3.27. The second-order valence-electron chi connectivity index (χ2n) is 2.08. The quantitative estimate of drug-likeness (QED) is 0.442. The molecule has 0 bridgehead atoms. The molecule has 0 fully saturated rings. The lowest BCUT2D eigenvalue weighted by Gasteiger charge is -2.21. The van der Waals surface area contributed by atoms with E-state index in [0.29, 0.717) is 0 Å². The molecule has 0 atom stereocenters. The van der Waals surface area contributed by atoms with Gasteiger partial charge in [0.1, 0.15) is 0 Å². The fraction of sp³-hybridized carbons (Fsp3) is 0.125. The summed E-state index contributed by atoms with van der Waals surface area (Å²) in [4.78, 5) is 0.725. The molecule has 0 aromatic heterocycles. The zero-order chi connectivity index (χ0) is 8.97. The van der Waals surface area contributed by atoms with Gasteiger partial charge in [-0.2, -0.15) is 14.0 Å². The number of hydrogen-bond acceptors (Lipinski definition) is 2. The molecule has 62 valence electrons. The average molecular weight is 168 g/mol. The Hall–Kier alpha value is -1.63. The van der Waals surface area contributed by atoms with Crippen LogP contribution >= 0.6 is 0 Å². The first-order chi connectivity index (χ1) is 5.75. The van der Waals surface area contributed by atoms with Crippen molar-refractivity contribution >= 4 is 0 Å². The van der Waals surface area contributed by atoms with Crippen molar-refractivity contribution in [2.24, 2.45) is 0 Å². The summed E-state index contributed by atoms with van der Waals surface area (Å²) in [6.07, 6.45) is 6.85. The molecule has 12 heavy (non-hydrogen) atoms. The highest BCUT2D eigenvalue weighted by Crippen LogP contribution is 2.17. The number of allylic oxidation sites excluding steroid dienone is 4. The van der Waals surface area contributed by atoms with Crippen molar-refractivity contribution < 1.29 is 8.78 Å². The second kappa shape index (κ2) is 3.67. The van der Waals surface area contributed by atoms with Crippen LogP contribution in [0.25, 0.3) is 0 Å². The Morgan fingerprint density at radius 1 is 1.50 bits per heavy atom. The molecule has 0 aliphatic carbocycles. The van der Waals surface area contributed by atoms with E-state index in [1.807, 2.05) is 0 Å². The van der Waals surface area contributed by atoms with Gasteiger partial charge in [0.05, 0.1) is 11.8 Å². The van der Waals surface area contributed by atoms with Gasteiger partial charge in [-0.1, -0.05) is 6.08 Å². The van der Waals surface area contributed by atoms with Gasteiger partial charge in [-0.3, -0.25) is 4.90 Å². The molecule has 0 unspecified atom stereocenters. The van der Waals surface area contributed by atoms with Crippen LogP contribution in [0.3, 0.4) is 0 Å². The van der Waals surface area contributed by atoms with Gasteiger partial charge in [0, 0.05) is 12.3 Å². The molecule has 0 saturated heterocycles.